The van der Waals surface area contributed by atoms with Gasteiger partial charge in [0.25, 0.3) is 0 Å². The lowest BCUT2D eigenvalue weighted by atomic mass is 9.84. The van der Waals surface area contributed by atoms with Crippen LogP contribution in [0.25, 0.3) is 0 Å². The average Bonchev–Trinajstić information content (AvgIpc) is 0.764. The Hall–Kier alpha value is -2.04. The third kappa shape index (κ3) is 39.6. The van der Waals surface area contributed by atoms with Crippen LogP contribution in [-0.2, 0) is 61.2 Å². The van der Waals surface area contributed by atoms with Crippen LogP contribution in [0.5, 0.6) is 0 Å². The third-order valence-corrected chi connectivity index (χ3v) is 21.4. The molecular weight excluding hydrogens is 1330 g/mol. The maximum absolute atomic E-state index is 14.4. The fraction of sp³-hybridized carbons (Fsp3) is 0.961. The molecule has 2 heterocycles. The Morgan fingerprint density at radius 2 is 0.693 bits per heavy atom. The second-order valence-electron chi connectivity index (χ2n) is 29.7. The highest BCUT2D eigenvalue weighted by molar-refractivity contribution is 7.47. The lowest BCUT2D eigenvalue weighted by molar-refractivity contribution is -0.360. The van der Waals surface area contributed by atoms with Gasteiger partial charge in [-0.3, -0.25) is 23.4 Å². The van der Waals surface area contributed by atoms with Crippen LogP contribution in [0.4, 0.5) is 0 Å². The highest BCUT2D eigenvalue weighted by atomic mass is 31.2. The molecule has 101 heavy (non-hydrogen) atoms. The largest absolute Gasteiger partial charge is 0.472 e. The van der Waals surface area contributed by atoms with Gasteiger partial charge >= 0.3 is 25.7 Å². The summed E-state index contributed by atoms with van der Waals surface area (Å²) < 4.78 is 65.2. The summed E-state index contributed by atoms with van der Waals surface area (Å²) in [6, 6.07) is 0. The molecule has 0 bridgehead atoms. The number of hydrogen-bond donors (Lipinski definition) is 11. The fourth-order valence-corrected chi connectivity index (χ4v) is 14.7. The molecular formula is C76H143O24P. The Morgan fingerprint density at radius 1 is 0.376 bits per heavy atom. The summed E-state index contributed by atoms with van der Waals surface area (Å²) >= 11 is 0. The summed E-state index contributed by atoms with van der Waals surface area (Å²) in [5.41, 5.74) is 0. The molecule has 0 aromatic rings. The number of carbonyl (C=O) groups excluding carboxylic acids is 3. The lowest BCUT2D eigenvalue weighted by Crippen LogP contribution is -2.69. The molecule has 1 aliphatic carbocycles. The Morgan fingerprint density at radius 3 is 1.07 bits per heavy atom. The van der Waals surface area contributed by atoms with E-state index in [0.29, 0.717) is 31.1 Å². The molecule has 20 unspecified atom stereocenters. The monoisotopic (exact) mass is 1470 g/mol. The average molecular weight is 1470 g/mol. The molecule has 24 nitrogen and oxygen atoms in total. The first-order chi connectivity index (χ1) is 48.6. The van der Waals surface area contributed by atoms with Crippen LogP contribution in [-0.4, -0.2) is 204 Å². The third-order valence-electron chi connectivity index (χ3n) is 20.4. The van der Waals surface area contributed by atoms with Crippen molar-refractivity contribution in [3.05, 3.63) is 0 Å². The first-order valence-corrected chi connectivity index (χ1v) is 41.6. The van der Waals surface area contributed by atoms with Crippen molar-refractivity contribution in [1.82, 2.24) is 0 Å². The maximum Gasteiger partial charge on any atom is 0.472 e. The smallest absolute Gasteiger partial charge is 0.463 e. The standard InChI is InChI=1S/C76H143O24P/c1-6-9-12-15-18-19-20-21-22-23-24-25-36-43-50-62(80)95-57(52-92-60(78)48-41-34-28-26-32-39-46-55(4)44-37-30-16-13-10-7-2)53-94-101(90,91)100-74-72(98-75-70(88)65(83)63(81)58(51-77)96-75)68(86)67(85)69(87)73(74)99-76-71(89)66(84)64(82)59(97-76)54-93-61(79)49-42-35-29-27-33-40-47-56(5)45-38-31-17-14-11-8-3/h55-59,63-77,81-89H,6-54H2,1-5H3,(H,90,91). The van der Waals surface area contributed by atoms with Crippen LogP contribution in [0, 0.1) is 11.8 Å². The SMILES string of the molecule is CCCCCCCCCCCCCCCCC(=O)OC(COC(=O)CCCCCCCCC(C)CCCCCCCC)COP(=O)(O)OC1C(OC2OC(CO)C(O)C(O)C2O)C(O)C(O)C(O)C1OC1OC(COC(=O)CCCCCCCCC(C)CCCCCCCC)C(O)C(O)C1O. The topological polar surface area (TPSA) is 374 Å². The van der Waals surface area contributed by atoms with Gasteiger partial charge in [0.05, 0.1) is 13.2 Å². The highest BCUT2D eigenvalue weighted by Crippen LogP contribution is 2.49. The van der Waals surface area contributed by atoms with Crippen molar-refractivity contribution in [2.45, 2.75) is 428 Å². The van der Waals surface area contributed by atoms with Crippen molar-refractivity contribution >= 4 is 25.7 Å². The van der Waals surface area contributed by atoms with E-state index in [1.165, 1.54) is 154 Å². The Bertz CT molecular complexity index is 2120. The number of esters is 3. The molecule has 3 rings (SSSR count). The van der Waals surface area contributed by atoms with E-state index in [1.807, 2.05) is 0 Å². The number of phosphoric acid groups is 1. The molecule has 0 aromatic heterocycles. The summed E-state index contributed by atoms with van der Waals surface area (Å²) in [7, 11) is -5.70. The maximum atomic E-state index is 14.4. The predicted molar refractivity (Wildman–Crippen MR) is 384 cm³/mol. The van der Waals surface area contributed by atoms with Gasteiger partial charge in [-0.15, -0.1) is 0 Å². The van der Waals surface area contributed by atoms with Gasteiger partial charge < -0.3 is 89.1 Å². The number of carbonyl (C=O) groups is 3. The summed E-state index contributed by atoms with van der Waals surface area (Å²) in [4.78, 5) is 51.2. The van der Waals surface area contributed by atoms with Crippen LogP contribution < -0.4 is 0 Å². The van der Waals surface area contributed by atoms with Crippen LogP contribution >= 0.6 is 7.82 Å². The molecule has 3 aliphatic rings. The van der Waals surface area contributed by atoms with Crippen molar-refractivity contribution in [1.29, 1.82) is 0 Å². The number of aliphatic hydroxyl groups is 10. The summed E-state index contributed by atoms with van der Waals surface area (Å²) in [6.45, 7) is 8.13. The molecule has 0 aromatic carbocycles. The van der Waals surface area contributed by atoms with Crippen LogP contribution in [0.15, 0.2) is 0 Å². The zero-order valence-electron chi connectivity index (χ0n) is 62.8. The van der Waals surface area contributed by atoms with Gasteiger partial charge in [0.1, 0.15) is 98.7 Å². The minimum Gasteiger partial charge on any atom is -0.463 e. The number of ether oxygens (including phenoxy) is 7. The van der Waals surface area contributed by atoms with Crippen molar-refractivity contribution in [2.75, 3.05) is 26.4 Å². The predicted octanol–water partition coefficient (Wildman–Crippen LogP) is 11.8. The Labute approximate surface area is 606 Å². The minimum absolute atomic E-state index is 0.0306. The number of phosphoric ester groups is 1. The minimum atomic E-state index is -5.70. The van der Waals surface area contributed by atoms with E-state index >= 15 is 0 Å². The summed E-state index contributed by atoms with van der Waals surface area (Å²) in [5.74, 6) is -0.580. The van der Waals surface area contributed by atoms with E-state index in [0.717, 1.165) is 96.3 Å². The van der Waals surface area contributed by atoms with Gasteiger partial charge in [0.15, 0.2) is 18.7 Å². The molecule has 0 radical (unpaired) electrons. The van der Waals surface area contributed by atoms with Gasteiger partial charge in [0.2, 0.25) is 0 Å². The van der Waals surface area contributed by atoms with E-state index in [4.69, 9.17) is 42.2 Å². The van der Waals surface area contributed by atoms with E-state index in [1.54, 1.807) is 0 Å². The molecule has 25 heteroatoms. The van der Waals surface area contributed by atoms with Gasteiger partial charge in [-0.05, 0) is 31.1 Å². The normalized spacial score (nSPS) is 27.8. The number of hydrogen-bond acceptors (Lipinski definition) is 23. The zero-order valence-corrected chi connectivity index (χ0v) is 63.7. The molecule has 11 N–H and O–H groups in total. The van der Waals surface area contributed by atoms with Crippen molar-refractivity contribution < 1.29 is 117 Å². The molecule has 20 atom stereocenters. The second kappa shape index (κ2) is 56.2. The second-order valence-corrected chi connectivity index (χ2v) is 31.1. The Kier molecular flexibility index (Phi) is 51.9. The molecule has 3 fully saturated rings. The van der Waals surface area contributed by atoms with Crippen LogP contribution in [0.3, 0.4) is 0 Å². The van der Waals surface area contributed by atoms with Crippen molar-refractivity contribution in [3.63, 3.8) is 0 Å². The van der Waals surface area contributed by atoms with E-state index in [2.05, 4.69) is 34.6 Å². The lowest BCUT2D eigenvalue weighted by Gasteiger charge is -2.49. The van der Waals surface area contributed by atoms with Crippen LogP contribution in [0.2, 0.25) is 0 Å². The van der Waals surface area contributed by atoms with E-state index in [-0.39, 0.29) is 19.3 Å². The highest BCUT2D eigenvalue weighted by Gasteiger charge is 2.58. The van der Waals surface area contributed by atoms with Gasteiger partial charge in [-0.1, -0.05) is 285 Å². The van der Waals surface area contributed by atoms with Crippen LogP contribution in [0.1, 0.15) is 324 Å². The molecule has 2 aliphatic heterocycles. The molecule has 596 valence electrons. The van der Waals surface area contributed by atoms with Crippen molar-refractivity contribution in [3.8, 4) is 0 Å². The first-order valence-electron chi connectivity index (χ1n) is 40.1. The molecule has 2 saturated heterocycles. The van der Waals surface area contributed by atoms with Gasteiger partial charge in [-0.25, -0.2) is 4.57 Å². The molecule has 0 amide bonds. The molecule has 0 spiro atoms. The number of unbranched alkanes of at least 4 members (excludes halogenated alkanes) is 33. The van der Waals surface area contributed by atoms with Gasteiger partial charge in [0, 0.05) is 19.3 Å². The first kappa shape index (κ1) is 93.2. The molecule has 1 saturated carbocycles. The van der Waals surface area contributed by atoms with Crippen molar-refractivity contribution in [2.24, 2.45) is 11.8 Å². The van der Waals surface area contributed by atoms with Gasteiger partial charge in [-0.2, -0.15) is 0 Å². The fourth-order valence-electron chi connectivity index (χ4n) is 13.7. The van der Waals surface area contributed by atoms with E-state index < -0.39 is 156 Å². The number of aliphatic hydroxyl groups excluding tert-OH is 10. The van der Waals surface area contributed by atoms with E-state index in [9.17, 15) is 74.9 Å². The summed E-state index contributed by atoms with van der Waals surface area (Å²) in [6.07, 6.45) is 11.6. The summed E-state index contributed by atoms with van der Waals surface area (Å²) in [5, 5.41) is 110. The zero-order chi connectivity index (χ0) is 74.2. The Balaban J connectivity index is 1.72. The quantitative estimate of drug-likeness (QED) is 0.0117. The number of rotatable bonds is 62.